The molecule has 0 aromatic heterocycles. The normalized spacial score (nSPS) is 10.5. The number of alkyl halides is 2. The van der Waals surface area contributed by atoms with Gasteiger partial charge >= 0.3 is 5.97 Å². The largest absolute Gasteiger partial charge is 0.478 e. The van der Waals surface area contributed by atoms with E-state index >= 15 is 0 Å². The molecule has 0 heterocycles. The monoisotopic (exact) mass is 250 g/mol. The Morgan fingerprint density at radius 3 is 2.54 bits per heavy atom. The number of carbonyl (C=O) groups is 1. The second kappa shape index (κ2) is 3.83. The van der Waals surface area contributed by atoms with Crippen molar-refractivity contribution in [2.24, 2.45) is 0 Å². The molecule has 0 unspecified atom stereocenters. The first-order valence-electron chi connectivity index (χ1n) is 3.33. The van der Waals surface area contributed by atoms with Crippen LogP contribution in [0.2, 0.25) is 0 Å². The first kappa shape index (κ1) is 10.1. The molecule has 0 aliphatic rings. The van der Waals surface area contributed by atoms with E-state index in [1.807, 2.05) is 0 Å². The van der Waals surface area contributed by atoms with Gasteiger partial charge in [-0.25, -0.2) is 13.6 Å². The van der Waals surface area contributed by atoms with Crippen LogP contribution in [0.5, 0.6) is 0 Å². The maximum absolute atomic E-state index is 12.3. The molecule has 1 aromatic carbocycles. The lowest BCUT2D eigenvalue weighted by Gasteiger charge is -2.04. The van der Waals surface area contributed by atoms with Gasteiger partial charge < -0.3 is 5.11 Å². The summed E-state index contributed by atoms with van der Waals surface area (Å²) in [5, 5.41) is 8.56. The van der Waals surface area contributed by atoms with Gasteiger partial charge in [-0.1, -0.05) is 15.9 Å². The lowest BCUT2D eigenvalue weighted by molar-refractivity contribution is 0.0684. The highest BCUT2D eigenvalue weighted by molar-refractivity contribution is 9.10. The Balaban J connectivity index is 3.26. The molecule has 0 saturated carbocycles. The fraction of sp³-hybridized carbons (Fsp3) is 0.125. The van der Waals surface area contributed by atoms with E-state index in [4.69, 9.17) is 5.11 Å². The summed E-state index contributed by atoms with van der Waals surface area (Å²) >= 11 is 2.99. The topological polar surface area (TPSA) is 37.3 Å². The summed E-state index contributed by atoms with van der Waals surface area (Å²) in [6, 6.07) is 3.66. The predicted molar refractivity (Wildman–Crippen MR) is 46.1 cm³/mol. The smallest absolute Gasteiger partial charge is 0.336 e. The summed E-state index contributed by atoms with van der Waals surface area (Å²) < 4.78 is 25.0. The third-order valence-electron chi connectivity index (χ3n) is 1.48. The number of rotatable bonds is 2. The molecule has 0 fully saturated rings. The van der Waals surface area contributed by atoms with Gasteiger partial charge in [0.25, 0.3) is 6.43 Å². The third kappa shape index (κ3) is 2.24. The van der Waals surface area contributed by atoms with E-state index in [9.17, 15) is 13.6 Å². The van der Waals surface area contributed by atoms with E-state index in [0.717, 1.165) is 12.1 Å². The predicted octanol–water partition coefficient (Wildman–Crippen LogP) is 3.08. The van der Waals surface area contributed by atoms with Crippen LogP contribution < -0.4 is 0 Å². The molecule has 1 rings (SSSR count). The lowest BCUT2D eigenvalue weighted by Crippen LogP contribution is -2.02. The fourth-order valence-electron chi connectivity index (χ4n) is 0.909. The van der Waals surface area contributed by atoms with Crippen LogP contribution in [0.1, 0.15) is 22.3 Å². The Kier molecular flexibility index (Phi) is 2.98. The Hall–Kier alpha value is -0.970. The quantitative estimate of drug-likeness (QED) is 0.876. The highest BCUT2D eigenvalue weighted by atomic mass is 79.9. The average Bonchev–Trinajstić information content (AvgIpc) is 2.03. The molecule has 0 spiro atoms. The molecule has 1 aromatic rings. The number of hydrogen-bond donors (Lipinski definition) is 1. The molecule has 70 valence electrons. The second-order valence-corrected chi connectivity index (χ2v) is 3.25. The molecule has 0 saturated heterocycles. The van der Waals surface area contributed by atoms with Crippen LogP contribution in [-0.2, 0) is 0 Å². The van der Waals surface area contributed by atoms with Gasteiger partial charge in [0, 0.05) is 10.0 Å². The van der Waals surface area contributed by atoms with Gasteiger partial charge in [0.05, 0.1) is 5.56 Å². The van der Waals surface area contributed by atoms with Crippen LogP contribution in [0.25, 0.3) is 0 Å². The highest BCUT2D eigenvalue weighted by Gasteiger charge is 2.17. The Morgan fingerprint density at radius 2 is 2.08 bits per heavy atom. The minimum absolute atomic E-state index is 0.363. The summed E-state index contributed by atoms with van der Waals surface area (Å²) in [5.41, 5.74) is -0.833. The van der Waals surface area contributed by atoms with Gasteiger partial charge in [0.2, 0.25) is 0 Å². The minimum atomic E-state index is -2.77. The summed E-state index contributed by atoms with van der Waals surface area (Å²) in [4.78, 5) is 10.5. The molecule has 0 atom stereocenters. The molecule has 0 amide bonds. The van der Waals surface area contributed by atoms with Crippen molar-refractivity contribution in [1.29, 1.82) is 0 Å². The highest BCUT2D eigenvalue weighted by Crippen LogP contribution is 2.26. The summed E-state index contributed by atoms with van der Waals surface area (Å²) in [7, 11) is 0. The van der Waals surface area contributed by atoms with E-state index < -0.39 is 18.0 Å². The average molecular weight is 251 g/mol. The number of aromatic carboxylic acids is 1. The van der Waals surface area contributed by atoms with Gasteiger partial charge in [-0.3, -0.25) is 0 Å². The van der Waals surface area contributed by atoms with E-state index in [2.05, 4.69) is 15.9 Å². The van der Waals surface area contributed by atoms with E-state index in [1.165, 1.54) is 6.07 Å². The molecule has 2 nitrogen and oxygen atoms in total. The summed E-state index contributed by atoms with van der Waals surface area (Å²) in [6.07, 6.45) is -2.77. The first-order chi connectivity index (χ1) is 6.02. The zero-order chi connectivity index (χ0) is 10.0. The van der Waals surface area contributed by atoms with Crippen molar-refractivity contribution in [2.75, 3.05) is 0 Å². The van der Waals surface area contributed by atoms with Crippen LogP contribution in [0, 0.1) is 0 Å². The molecule has 5 heteroatoms. The van der Waals surface area contributed by atoms with Crippen LogP contribution in [0.4, 0.5) is 8.78 Å². The first-order valence-corrected chi connectivity index (χ1v) is 4.12. The lowest BCUT2D eigenvalue weighted by atomic mass is 10.1. The van der Waals surface area contributed by atoms with Crippen LogP contribution in [0.3, 0.4) is 0 Å². The Labute approximate surface area is 81.3 Å². The number of carboxylic acid groups (broad SMARTS) is 1. The van der Waals surface area contributed by atoms with Crippen LogP contribution in [0.15, 0.2) is 22.7 Å². The van der Waals surface area contributed by atoms with Crippen molar-refractivity contribution in [1.82, 2.24) is 0 Å². The standard InChI is InChI=1S/C8H5BrF2O2/c9-4-1-2-5(8(12)13)6(3-4)7(10)11/h1-3,7H,(H,12,13). The van der Waals surface area contributed by atoms with Gasteiger partial charge in [-0.2, -0.15) is 0 Å². The molecule has 0 aliphatic carbocycles. The van der Waals surface area contributed by atoms with E-state index in [1.54, 1.807) is 0 Å². The van der Waals surface area contributed by atoms with Gasteiger partial charge in [-0.05, 0) is 18.2 Å². The molecule has 1 N–H and O–H groups in total. The van der Waals surface area contributed by atoms with Crippen molar-refractivity contribution in [2.45, 2.75) is 6.43 Å². The van der Waals surface area contributed by atoms with Gasteiger partial charge in [0.15, 0.2) is 0 Å². The molecule has 0 radical (unpaired) electrons. The van der Waals surface area contributed by atoms with Crippen molar-refractivity contribution in [3.05, 3.63) is 33.8 Å². The number of halogens is 3. The van der Waals surface area contributed by atoms with Crippen LogP contribution in [-0.4, -0.2) is 11.1 Å². The third-order valence-corrected chi connectivity index (χ3v) is 1.97. The Bertz CT molecular complexity index is 339. The number of benzene rings is 1. The summed E-state index contributed by atoms with van der Waals surface area (Å²) in [5.74, 6) is -1.34. The maximum Gasteiger partial charge on any atom is 0.336 e. The second-order valence-electron chi connectivity index (χ2n) is 2.34. The maximum atomic E-state index is 12.3. The van der Waals surface area contributed by atoms with E-state index in [-0.39, 0.29) is 5.56 Å². The Morgan fingerprint density at radius 1 is 1.46 bits per heavy atom. The number of hydrogen-bond acceptors (Lipinski definition) is 1. The van der Waals surface area contributed by atoms with Crippen LogP contribution >= 0.6 is 15.9 Å². The minimum Gasteiger partial charge on any atom is -0.478 e. The van der Waals surface area contributed by atoms with Crippen molar-refractivity contribution in [3.63, 3.8) is 0 Å². The van der Waals surface area contributed by atoms with Crippen molar-refractivity contribution < 1.29 is 18.7 Å². The van der Waals surface area contributed by atoms with Gasteiger partial charge in [0.1, 0.15) is 0 Å². The SMILES string of the molecule is O=C(O)c1ccc(Br)cc1C(F)F. The van der Waals surface area contributed by atoms with Crippen molar-refractivity contribution >= 4 is 21.9 Å². The molecular formula is C8H5BrF2O2. The molecule has 13 heavy (non-hydrogen) atoms. The molecule has 0 aliphatic heterocycles. The molecule has 0 bridgehead atoms. The fourth-order valence-corrected chi connectivity index (χ4v) is 1.29. The van der Waals surface area contributed by atoms with E-state index in [0.29, 0.717) is 4.47 Å². The zero-order valence-corrected chi connectivity index (χ0v) is 7.88. The van der Waals surface area contributed by atoms with Crippen molar-refractivity contribution in [3.8, 4) is 0 Å². The van der Waals surface area contributed by atoms with Gasteiger partial charge in [-0.15, -0.1) is 0 Å². The number of carboxylic acids is 1. The summed E-state index contributed by atoms with van der Waals surface area (Å²) in [6.45, 7) is 0. The zero-order valence-electron chi connectivity index (χ0n) is 6.30. The molecular weight excluding hydrogens is 246 g/mol.